The fourth-order valence-corrected chi connectivity index (χ4v) is 1.76. The zero-order chi connectivity index (χ0) is 7.40. The van der Waals surface area contributed by atoms with E-state index >= 15 is 0 Å². The second-order valence-corrected chi connectivity index (χ2v) is 4.56. The number of halogens is 1. The fourth-order valence-electron chi connectivity index (χ4n) is 1.10. The molecule has 1 aliphatic rings. The first-order chi connectivity index (χ1) is 4.79. The average Bonchev–Trinajstić information content (AvgIpc) is 1.90. The highest BCUT2D eigenvalue weighted by molar-refractivity contribution is 14.1. The van der Waals surface area contributed by atoms with E-state index in [0.717, 1.165) is 10.5 Å². The van der Waals surface area contributed by atoms with Crippen LogP contribution in [0.15, 0.2) is 11.8 Å². The molecular formula is C8H14IN. The van der Waals surface area contributed by atoms with Gasteiger partial charge in [-0.1, -0.05) is 28.7 Å². The molecule has 1 rings (SSSR count). The van der Waals surface area contributed by atoms with Crippen LogP contribution in [-0.2, 0) is 0 Å². The molecule has 0 amide bonds. The van der Waals surface area contributed by atoms with E-state index in [0.29, 0.717) is 0 Å². The van der Waals surface area contributed by atoms with Crippen LogP contribution in [0.3, 0.4) is 0 Å². The second-order valence-electron chi connectivity index (χ2n) is 2.80. The maximum Gasteiger partial charge on any atom is 0.0283 e. The zero-order valence-electron chi connectivity index (χ0n) is 6.36. The molecule has 58 valence electrons. The minimum atomic E-state index is 0.821. The van der Waals surface area contributed by atoms with Gasteiger partial charge in [0.05, 0.1) is 0 Å². The third-order valence-corrected chi connectivity index (χ3v) is 2.84. The minimum Gasteiger partial charge on any atom is -0.388 e. The van der Waals surface area contributed by atoms with Crippen LogP contribution in [0.1, 0.15) is 26.2 Å². The van der Waals surface area contributed by atoms with Crippen molar-refractivity contribution in [1.29, 1.82) is 0 Å². The van der Waals surface area contributed by atoms with Gasteiger partial charge < -0.3 is 5.32 Å². The van der Waals surface area contributed by atoms with Crippen molar-refractivity contribution in [3.05, 3.63) is 11.8 Å². The largest absolute Gasteiger partial charge is 0.388 e. The molecule has 0 aromatic heterocycles. The molecule has 1 heterocycles. The molecule has 0 fully saturated rings. The Kier molecular flexibility index (Phi) is 3.52. The average molecular weight is 251 g/mol. The third-order valence-electron chi connectivity index (χ3n) is 1.77. The fraction of sp³-hybridized carbons (Fsp3) is 0.750. The van der Waals surface area contributed by atoms with E-state index in [1.54, 1.807) is 0 Å². The maximum atomic E-state index is 3.39. The molecule has 0 radical (unpaired) electrons. The molecule has 10 heavy (non-hydrogen) atoms. The van der Waals surface area contributed by atoms with Gasteiger partial charge in [-0.2, -0.15) is 0 Å². The van der Waals surface area contributed by atoms with E-state index in [1.165, 1.54) is 25.0 Å². The number of rotatable bonds is 0. The van der Waals surface area contributed by atoms with Crippen molar-refractivity contribution in [1.82, 2.24) is 5.32 Å². The lowest BCUT2D eigenvalue weighted by Crippen LogP contribution is -2.22. The molecule has 1 N–H and O–H groups in total. The third kappa shape index (κ3) is 2.90. The first-order valence-corrected chi connectivity index (χ1v) is 5.08. The van der Waals surface area contributed by atoms with Crippen molar-refractivity contribution in [2.45, 2.75) is 30.1 Å². The van der Waals surface area contributed by atoms with E-state index in [4.69, 9.17) is 0 Å². The Morgan fingerprint density at radius 3 is 3.30 bits per heavy atom. The Morgan fingerprint density at radius 2 is 2.50 bits per heavy atom. The molecule has 0 aliphatic carbocycles. The molecule has 1 nitrogen and oxygen atoms in total. The summed E-state index contributed by atoms with van der Waals surface area (Å²) in [6, 6.07) is 0. The summed E-state index contributed by atoms with van der Waals surface area (Å²) >= 11 is 2.52. The van der Waals surface area contributed by atoms with E-state index in [1.807, 2.05) is 0 Å². The molecule has 2 heteroatoms. The van der Waals surface area contributed by atoms with Crippen molar-refractivity contribution in [3.63, 3.8) is 0 Å². The minimum absolute atomic E-state index is 0.821. The van der Waals surface area contributed by atoms with Gasteiger partial charge in [-0.15, -0.1) is 0 Å². The first-order valence-electron chi connectivity index (χ1n) is 3.84. The van der Waals surface area contributed by atoms with Crippen molar-refractivity contribution in [2.75, 3.05) is 6.54 Å². The van der Waals surface area contributed by atoms with Gasteiger partial charge in [0, 0.05) is 16.2 Å². The summed E-state index contributed by atoms with van der Waals surface area (Å²) in [6.07, 6.45) is 6.25. The van der Waals surface area contributed by atoms with Crippen LogP contribution in [0.4, 0.5) is 0 Å². The highest BCUT2D eigenvalue weighted by atomic mass is 127. The summed E-state index contributed by atoms with van der Waals surface area (Å²) in [5.74, 6) is 0. The normalized spacial score (nSPS) is 33.0. The lowest BCUT2D eigenvalue weighted by molar-refractivity contribution is 0.653. The molecule has 1 unspecified atom stereocenters. The summed E-state index contributed by atoms with van der Waals surface area (Å²) in [5, 5.41) is 3.39. The van der Waals surface area contributed by atoms with Crippen LogP contribution in [0.2, 0.25) is 0 Å². The van der Waals surface area contributed by atoms with Crippen LogP contribution in [0.25, 0.3) is 0 Å². The smallest absolute Gasteiger partial charge is 0.0283 e. The molecule has 0 saturated heterocycles. The predicted molar refractivity (Wildman–Crippen MR) is 53.4 cm³/mol. The van der Waals surface area contributed by atoms with Crippen molar-refractivity contribution in [2.24, 2.45) is 0 Å². The maximum absolute atomic E-state index is 3.39. The monoisotopic (exact) mass is 251 g/mol. The van der Waals surface area contributed by atoms with Crippen molar-refractivity contribution >= 4 is 22.6 Å². The van der Waals surface area contributed by atoms with Crippen LogP contribution in [0.5, 0.6) is 0 Å². The Hall–Kier alpha value is 0.270. The van der Waals surface area contributed by atoms with Gasteiger partial charge in [0.2, 0.25) is 0 Å². The van der Waals surface area contributed by atoms with Crippen molar-refractivity contribution in [3.8, 4) is 0 Å². The molecule has 0 aromatic rings. The van der Waals surface area contributed by atoms with Gasteiger partial charge in [-0.05, 0) is 26.2 Å². The molecule has 1 atom stereocenters. The number of alkyl halides is 1. The predicted octanol–water partition coefficient (Wildman–Crippen LogP) is 2.47. The molecule has 0 spiro atoms. The Labute approximate surface area is 76.4 Å². The summed E-state index contributed by atoms with van der Waals surface area (Å²) in [7, 11) is 0. The van der Waals surface area contributed by atoms with Crippen LogP contribution in [-0.4, -0.2) is 10.5 Å². The summed E-state index contributed by atoms with van der Waals surface area (Å²) < 4.78 is 0.821. The highest BCUT2D eigenvalue weighted by Gasteiger charge is 2.04. The highest BCUT2D eigenvalue weighted by Crippen LogP contribution is 2.13. The molecule has 0 aromatic carbocycles. The first kappa shape index (κ1) is 8.37. The zero-order valence-corrected chi connectivity index (χ0v) is 8.52. The lowest BCUT2D eigenvalue weighted by atomic mass is 10.1. The van der Waals surface area contributed by atoms with Crippen molar-refractivity contribution < 1.29 is 0 Å². The summed E-state index contributed by atoms with van der Waals surface area (Å²) in [5.41, 5.74) is 1.35. The quantitative estimate of drug-likeness (QED) is 0.515. The van der Waals surface area contributed by atoms with Gasteiger partial charge in [0.15, 0.2) is 0 Å². The number of hydrogen-bond acceptors (Lipinski definition) is 1. The SMILES string of the molecule is C/C1=C/CCCC(I)CN1. The molecule has 1 aliphatic heterocycles. The van der Waals surface area contributed by atoms with E-state index in [9.17, 15) is 0 Å². The number of nitrogens with one attached hydrogen (secondary N) is 1. The Bertz CT molecular complexity index is 131. The van der Waals surface area contributed by atoms with Gasteiger partial charge in [0.25, 0.3) is 0 Å². The topological polar surface area (TPSA) is 12.0 Å². The Morgan fingerprint density at radius 1 is 1.70 bits per heavy atom. The lowest BCUT2D eigenvalue weighted by Gasteiger charge is -2.15. The van der Waals surface area contributed by atoms with E-state index in [-0.39, 0.29) is 0 Å². The number of hydrogen-bond donors (Lipinski definition) is 1. The van der Waals surface area contributed by atoms with Crippen LogP contribution < -0.4 is 5.32 Å². The van der Waals surface area contributed by atoms with Gasteiger partial charge >= 0.3 is 0 Å². The molecule has 0 bridgehead atoms. The number of allylic oxidation sites excluding steroid dienone is 2. The van der Waals surface area contributed by atoms with Crippen LogP contribution in [0, 0.1) is 0 Å². The van der Waals surface area contributed by atoms with E-state index < -0.39 is 0 Å². The van der Waals surface area contributed by atoms with Gasteiger partial charge in [-0.25, -0.2) is 0 Å². The molecule has 0 saturated carbocycles. The Balaban J connectivity index is 2.39. The van der Waals surface area contributed by atoms with Crippen LogP contribution >= 0.6 is 22.6 Å². The van der Waals surface area contributed by atoms with Gasteiger partial charge in [0.1, 0.15) is 0 Å². The summed E-state index contributed by atoms with van der Waals surface area (Å²) in [4.78, 5) is 0. The van der Waals surface area contributed by atoms with Gasteiger partial charge in [-0.3, -0.25) is 0 Å². The molecular weight excluding hydrogens is 237 g/mol. The van der Waals surface area contributed by atoms with E-state index in [2.05, 4.69) is 40.9 Å². The standard InChI is InChI=1S/C8H14IN/c1-7-4-2-3-5-8(9)6-10-7/h4,8,10H,2-3,5-6H2,1H3/b7-4-. The summed E-state index contributed by atoms with van der Waals surface area (Å²) in [6.45, 7) is 3.29. The second kappa shape index (κ2) is 4.21.